The fraction of sp³-hybridized carbons (Fsp3) is 0.710. The van der Waals surface area contributed by atoms with E-state index in [1.807, 2.05) is 33.3 Å². The smallest absolute Gasteiger partial charge is 0.456 e. The van der Waals surface area contributed by atoms with Crippen LogP contribution in [0.2, 0.25) is 0 Å². The first-order valence-electron chi connectivity index (χ1n) is 32.2. The second-order valence-corrected chi connectivity index (χ2v) is 24.0. The highest BCUT2D eigenvalue weighted by Crippen LogP contribution is 2.43. The molecule has 0 aliphatic heterocycles. The molecule has 79 heavy (non-hydrogen) atoms. The zero-order valence-electron chi connectivity index (χ0n) is 51.8. The molecule has 10 heteroatoms. The number of esters is 1. The van der Waals surface area contributed by atoms with Crippen LogP contribution in [0.15, 0.2) is 109 Å². The fourth-order valence-corrected chi connectivity index (χ4v) is 9.59. The summed E-state index contributed by atoms with van der Waals surface area (Å²) in [5.74, 6) is -0.529. The minimum atomic E-state index is -4.46. The number of ether oxygens (including phenoxy) is 1. The highest BCUT2D eigenvalue weighted by molar-refractivity contribution is 7.47. The second-order valence-electron chi connectivity index (χ2n) is 22.6. The van der Waals surface area contributed by atoms with Crippen LogP contribution in [0.1, 0.15) is 265 Å². The number of likely N-dealkylation sites (N-methyl/N-ethyl adjacent to an activating group) is 1. The van der Waals surface area contributed by atoms with Crippen molar-refractivity contribution >= 4 is 19.7 Å². The molecular formula is C69H122N2O7P+. The first-order chi connectivity index (χ1) is 38.4. The summed E-state index contributed by atoms with van der Waals surface area (Å²) in [7, 11) is 1.47. The predicted octanol–water partition coefficient (Wildman–Crippen LogP) is 20.1. The van der Waals surface area contributed by atoms with Gasteiger partial charge in [-0.05, 0) is 96.0 Å². The lowest BCUT2D eigenvalue weighted by Crippen LogP contribution is -2.47. The molecule has 2 N–H and O–H groups in total. The number of allylic oxidation sites excluding steroid dienone is 17. The monoisotopic (exact) mass is 1120 g/mol. The van der Waals surface area contributed by atoms with Crippen molar-refractivity contribution in [2.24, 2.45) is 0 Å². The third kappa shape index (κ3) is 59.1. The van der Waals surface area contributed by atoms with Gasteiger partial charge in [0.2, 0.25) is 5.91 Å². The number of unbranched alkanes of at least 4 members (excludes halogenated alkanes) is 27. The maximum absolute atomic E-state index is 13.5. The average Bonchev–Trinajstić information content (AvgIpc) is 3.41. The molecule has 3 unspecified atom stereocenters. The predicted molar refractivity (Wildman–Crippen MR) is 341 cm³/mol. The molecule has 0 rings (SSSR count). The molecule has 0 saturated carbocycles. The number of carbonyl (C=O) groups is 2. The molecule has 0 aromatic heterocycles. The molecular weight excluding hydrogens is 1000 g/mol. The van der Waals surface area contributed by atoms with Crippen LogP contribution < -0.4 is 5.32 Å². The van der Waals surface area contributed by atoms with Crippen molar-refractivity contribution in [3.63, 3.8) is 0 Å². The molecule has 0 aliphatic carbocycles. The summed E-state index contributed by atoms with van der Waals surface area (Å²) in [5, 5.41) is 3.05. The standard InChI is InChI=1S/C69H121N2O7P/c1-7-10-13-16-19-22-25-28-30-31-32-33-34-35-36-37-38-39-41-44-47-50-53-56-59-62-69(73)78-67(60-57-54-51-48-45-42-27-24-21-18-15-12-9-3)66(65-77-79(74,75)76-64-63-71(4,5)6)70-68(72)61-58-55-52-49-46-43-40-29-26-23-20-17-14-11-8-2/h10-11,13-14,17,19-20,22-23,26,28,30,32-33,35-36,57,60,66-67H,7-9,12,15-16,18,21,24-25,27,29,31,34,37-56,58-59,61-65H2,1-6H3,(H-,70,72,74,75)/p+1/b13-10-,14-11+,20-17+,22-19-,26-23+,30-28-,33-32-,36-35-,60-57-. The van der Waals surface area contributed by atoms with Crippen molar-refractivity contribution in [3.8, 4) is 0 Å². The number of amides is 1. The van der Waals surface area contributed by atoms with Gasteiger partial charge in [0.1, 0.15) is 19.3 Å². The Morgan fingerprint density at radius 2 is 0.873 bits per heavy atom. The molecule has 0 aromatic rings. The van der Waals surface area contributed by atoms with E-state index in [0.29, 0.717) is 17.4 Å². The minimum absolute atomic E-state index is 0.0316. The lowest BCUT2D eigenvalue weighted by molar-refractivity contribution is -0.870. The van der Waals surface area contributed by atoms with Crippen LogP contribution in [0.4, 0.5) is 0 Å². The number of hydrogen-bond acceptors (Lipinski definition) is 6. The summed E-state index contributed by atoms with van der Waals surface area (Å²) < 4.78 is 30.7. The Morgan fingerprint density at radius 3 is 1.35 bits per heavy atom. The van der Waals surface area contributed by atoms with E-state index in [1.54, 1.807) is 0 Å². The van der Waals surface area contributed by atoms with E-state index in [2.05, 4.69) is 123 Å². The molecule has 0 aromatic carbocycles. The van der Waals surface area contributed by atoms with Crippen LogP contribution in [0.3, 0.4) is 0 Å². The van der Waals surface area contributed by atoms with Gasteiger partial charge in [0.05, 0.1) is 33.8 Å². The Hall–Kier alpha value is -3.33. The van der Waals surface area contributed by atoms with Gasteiger partial charge in [-0.3, -0.25) is 18.6 Å². The van der Waals surface area contributed by atoms with Crippen molar-refractivity contribution in [1.29, 1.82) is 0 Å². The quantitative estimate of drug-likeness (QED) is 0.0156. The van der Waals surface area contributed by atoms with Crippen LogP contribution in [-0.2, 0) is 27.9 Å². The fourth-order valence-electron chi connectivity index (χ4n) is 8.85. The van der Waals surface area contributed by atoms with Gasteiger partial charge in [-0.15, -0.1) is 0 Å². The normalized spacial score (nSPS) is 14.4. The molecule has 0 heterocycles. The maximum Gasteiger partial charge on any atom is 0.472 e. The third-order valence-electron chi connectivity index (χ3n) is 13.8. The first kappa shape index (κ1) is 75.7. The van der Waals surface area contributed by atoms with E-state index >= 15 is 0 Å². The van der Waals surface area contributed by atoms with Crippen molar-refractivity contribution in [3.05, 3.63) is 109 Å². The number of rotatable bonds is 57. The third-order valence-corrected chi connectivity index (χ3v) is 14.8. The van der Waals surface area contributed by atoms with Crippen LogP contribution in [0.25, 0.3) is 0 Å². The summed E-state index contributed by atoms with van der Waals surface area (Å²) in [6, 6.07) is -0.864. The number of phosphoric acid groups is 1. The van der Waals surface area contributed by atoms with E-state index in [0.717, 1.165) is 122 Å². The van der Waals surface area contributed by atoms with Crippen LogP contribution in [0, 0.1) is 0 Å². The second kappa shape index (κ2) is 57.9. The molecule has 1 amide bonds. The van der Waals surface area contributed by atoms with E-state index in [9.17, 15) is 19.0 Å². The maximum atomic E-state index is 13.5. The molecule has 0 radical (unpaired) electrons. The number of nitrogens with one attached hydrogen (secondary N) is 1. The first-order valence-corrected chi connectivity index (χ1v) is 33.7. The Morgan fingerprint density at radius 1 is 0.468 bits per heavy atom. The average molecular weight is 1120 g/mol. The topological polar surface area (TPSA) is 111 Å². The number of carbonyl (C=O) groups excluding carboxylic acids is 2. The zero-order valence-corrected chi connectivity index (χ0v) is 52.7. The Bertz CT molecular complexity index is 1720. The number of hydrogen-bond donors (Lipinski definition) is 2. The van der Waals surface area contributed by atoms with Gasteiger partial charge in [-0.25, -0.2) is 4.57 Å². The highest BCUT2D eigenvalue weighted by Gasteiger charge is 2.30. The number of quaternary nitrogens is 1. The molecule has 3 atom stereocenters. The van der Waals surface area contributed by atoms with Gasteiger partial charge in [-0.2, -0.15) is 0 Å². The number of phosphoric ester groups is 1. The van der Waals surface area contributed by atoms with Crippen molar-refractivity contribution in [2.75, 3.05) is 40.9 Å². The van der Waals surface area contributed by atoms with Gasteiger partial charge in [-0.1, -0.05) is 265 Å². The van der Waals surface area contributed by atoms with Gasteiger partial charge < -0.3 is 19.4 Å². The zero-order chi connectivity index (χ0) is 57.9. The highest BCUT2D eigenvalue weighted by atomic mass is 31.2. The molecule has 9 nitrogen and oxygen atoms in total. The summed E-state index contributed by atoms with van der Waals surface area (Å²) in [5.41, 5.74) is 0. The number of nitrogens with zero attached hydrogens (tertiary/aromatic N) is 1. The molecule has 0 saturated heterocycles. The molecule has 0 bridgehead atoms. The SMILES string of the molecule is CC/C=C\C/C=C\C/C=C\C/C=C\C/C=C\CCCCCCCCCCCC(=O)OC(/C=C\CCCCCCCCCCCCC)C(COP(=O)(O)OCC[N+](C)(C)C)NC(=O)CCCCCCCCC/C=C/C=C/C=C/CC. The largest absolute Gasteiger partial charge is 0.472 e. The molecule has 0 spiro atoms. The van der Waals surface area contributed by atoms with Crippen LogP contribution in [0.5, 0.6) is 0 Å². The summed E-state index contributed by atoms with van der Waals surface area (Å²) >= 11 is 0. The Kier molecular flexibility index (Phi) is 55.4. The van der Waals surface area contributed by atoms with Crippen molar-refractivity contribution < 1.29 is 37.3 Å². The van der Waals surface area contributed by atoms with Crippen molar-refractivity contribution in [2.45, 2.75) is 277 Å². The Balaban J connectivity index is 5.20. The van der Waals surface area contributed by atoms with Crippen LogP contribution in [-0.4, -0.2) is 74.3 Å². The lowest BCUT2D eigenvalue weighted by atomic mass is 10.0. The van der Waals surface area contributed by atoms with Gasteiger partial charge in [0.25, 0.3) is 0 Å². The van der Waals surface area contributed by atoms with E-state index in [1.165, 1.54) is 109 Å². The van der Waals surface area contributed by atoms with Crippen LogP contribution >= 0.6 is 7.82 Å². The minimum Gasteiger partial charge on any atom is -0.456 e. The van der Waals surface area contributed by atoms with Gasteiger partial charge in [0.15, 0.2) is 0 Å². The lowest BCUT2D eigenvalue weighted by Gasteiger charge is -2.27. The molecule has 0 aliphatic rings. The molecule has 454 valence electrons. The van der Waals surface area contributed by atoms with E-state index in [4.69, 9.17) is 13.8 Å². The summed E-state index contributed by atoms with van der Waals surface area (Å²) in [4.78, 5) is 37.8. The Labute approximate surface area is 487 Å². The van der Waals surface area contributed by atoms with Gasteiger partial charge in [0, 0.05) is 12.8 Å². The van der Waals surface area contributed by atoms with Gasteiger partial charge >= 0.3 is 13.8 Å². The van der Waals surface area contributed by atoms with E-state index < -0.39 is 20.0 Å². The summed E-state index contributed by atoms with van der Waals surface area (Å²) in [6.07, 6.45) is 79.4. The van der Waals surface area contributed by atoms with Crippen molar-refractivity contribution in [1.82, 2.24) is 5.32 Å². The van der Waals surface area contributed by atoms with E-state index in [-0.39, 0.29) is 31.5 Å². The summed E-state index contributed by atoms with van der Waals surface area (Å²) in [6.45, 7) is 6.76. The molecule has 0 fully saturated rings.